The van der Waals surface area contributed by atoms with Crippen LogP contribution in [0.5, 0.6) is 0 Å². The molecule has 2 unspecified atom stereocenters. The summed E-state index contributed by atoms with van der Waals surface area (Å²) in [6.07, 6.45) is 3.87. The van der Waals surface area contributed by atoms with Crippen molar-refractivity contribution in [1.29, 1.82) is 5.26 Å². The van der Waals surface area contributed by atoms with Gasteiger partial charge in [-0.2, -0.15) is 9.94 Å². The predicted octanol–water partition coefficient (Wildman–Crippen LogP) is 10.7. The summed E-state index contributed by atoms with van der Waals surface area (Å²) >= 11 is 0. The number of ether oxygens (including phenoxy) is 1. The number of aromatic nitrogens is 3. The van der Waals surface area contributed by atoms with Crippen molar-refractivity contribution in [3.63, 3.8) is 0 Å². The molecule has 2 heterocycles. The highest BCUT2D eigenvalue weighted by atomic mass is 16.5. The molecule has 5 rings (SSSR count). The SMILES string of the molecule is CCCCN(CC)c1ccc(N=C2C(C#N)=C(C(=O)OC3C(C(C)(C)C)CC(C)CC3C(C)(C)C)c3nc(-c4ccc(C(C)(C)C)cc4)nn32)c(C)c1. The van der Waals surface area contributed by atoms with Gasteiger partial charge in [0.15, 0.2) is 17.5 Å². The van der Waals surface area contributed by atoms with Gasteiger partial charge < -0.3 is 9.64 Å². The van der Waals surface area contributed by atoms with E-state index in [2.05, 4.69) is 118 Å². The molecule has 53 heavy (non-hydrogen) atoms. The van der Waals surface area contributed by atoms with Crippen LogP contribution in [-0.4, -0.2) is 45.8 Å². The van der Waals surface area contributed by atoms with Crippen molar-refractivity contribution < 1.29 is 9.53 Å². The average molecular weight is 719 g/mol. The van der Waals surface area contributed by atoms with Gasteiger partial charge in [-0.1, -0.05) is 107 Å². The van der Waals surface area contributed by atoms with Gasteiger partial charge in [0.05, 0.1) is 5.69 Å². The third-order valence-corrected chi connectivity index (χ3v) is 11.3. The van der Waals surface area contributed by atoms with E-state index in [-0.39, 0.29) is 57.0 Å². The first-order valence-electron chi connectivity index (χ1n) is 19.7. The largest absolute Gasteiger partial charge is 0.458 e. The number of hydrogen-bond acceptors (Lipinski definition) is 7. The van der Waals surface area contributed by atoms with Crippen molar-refractivity contribution in [3.8, 4) is 17.5 Å². The number of allylic oxidation sites excluding steroid dienone is 1. The van der Waals surface area contributed by atoms with Gasteiger partial charge in [-0.05, 0) is 84.6 Å². The molecule has 0 spiro atoms. The van der Waals surface area contributed by atoms with Crippen molar-refractivity contribution in [2.45, 2.75) is 127 Å². The molecule has 8 heteroatoms. The summed E-state index contributed by atoms with van der Waals surface area (Å²) in [5.74, 6) is 1.30. The molecule has 1 aromatic heterocycles. The van der Waals surface area contributed by atoms with E-state index in [0.29, 0.717) is 17.4 Å². The number of carbonyl (C=O) groups excluding carboxylic acids is 1. The zero-order chi connectivity index (χ0) is 39.0. The van der Waals surface area contributed by atoms with Gasteiger partial charge >= 0.3 is 5.97 Å². The summed E-state index contributed by atoms with van der Waals surface area (Å²) in [4.78, 5) is 27.1. The minimum Gasteiger partial charge on any atom is -0.458 e. The molecular formula is C45H62N6O2. The maximum atomic E-state index is 14.7. The summed E-state index contributed by atoms with van der Waals surface area (Å²) in [6.45, 7) is 30.6. The van der Waals surface area contributed by atoms with Crippen LogP contribution in [0.1, 0.15) is 126 Å². The number of fused-ring (bicyclic) bond motifs is 1. The number of unbranched alkanes of at least 4 members (excludes halogenated alkanes) is 1. The molecule has 284 valence electrons. The number of esters is 1. The van der Waals surface area contributed by atoms with Crippen LogP contribution in [0.4, 0.5) is 11.4 Å². The first-order valence-corrected chi connectivity index (χ1v) is 19.7. The normalized spacial score (nSPS) is 21.5. The Morgan fingerprint density at radius 1 is 0.981 bits per heavy atom. The minimum absolute atomic E-state index is 0.00653. The zero-order valence-corrected chi connectivity index (χ0v) is 34.6. The molecule has 0 saturated heterocycles. The monoisotopic (exact) mass is 718 g/mol. The van der Waals surface area contributed by atoms with Crippen molar-refractivity contribution >= 4 is 28.8 Å². The molecule has 2 aliphatic rings. The Labute approximate surface area is 318 Å². The second kappa shape index (κ2) is 15.2. The molecule has 0 radical (unpaired) electrons. The van der Waals surface area contributed by atoms with Crippen molar-refractivity contribution in [3.05, 3.63) is 65.0 Å². The number of nitrogens with zero attached hydrogens (tertiary/aromatic N) is 6. The Bertz CT molecular complexity index is 1880. The van der Waals surface area contributed by atoms with Gasteiger partial charge in [-0.15, -0.1) is 5.10 Å². The van der Waals surface area contributed by atoms with Crippen LogP contribution in [0, 0.1) is 46.8 Å². The summed E-state index contributed by atoms with van der Waals surface area (Å²) in [7, 11) is 0. The van der Waals surface area contributed by atoms with E-state index in [4.69, 9.17) is 19.8 Å². The lowest BCUT2D eigenvalue weighted by molar-refractivity contribution is -0.162. The number of aryl methyl sites for hydroxylation is 1. The smallest absolute Gasteiger partial charge is 0.343 e. The van der Waals surface area contributed by atoms with Gasteiger partial charge in [0.1, 0.15) is 23.3 Å². The fourth-order valence-electron chi connectivity index (χ4n) is 8.04. The predicted molar refractivity (Wildman–Crippen MR) is 217 cm³/mol. The molecule has 1 aliphatic carbocycles. The number of benzene rings is 2. The van der Waals surface area contributed by atoms with Crippen LogP contribution in [0.2, 0.25) is 0 Å². The van der Waals surface area contributed by atoms with Gasteiger partial charge in [0, 0.05) is 36.2 Å². The van der Waals surface area contributed by atoms with E-state index >= 15 is 0 Å². The number of rotatable bonds is 9. The quantitative estimate of drug-likeness (QED) is 0.204. The fraction of sp³-hybridized carbons (Fsp3) is 0.578. The van der Waals surface area contributed by atoms with Crippen molar-refractivity contribution in [2.75, 3.05) is 18.0 Å². The molecule has 2 atom stereocenters. The summed E-state index contributed by atoms with van der Waals surface area (Å²) in [5, 5.41) is 15.7. The molecule has 8 nitrogen and oxygen atoms in total. The van der Waals surface area contributed by atoms with Crippen LogP contribution in [0.25, 0.3) is 17.0 Å². The maximum absolute atomic E-state index is 14.7. The van der Waals surface area contributed by atoms with E-state index < -0.39 is 5.97 Å². The van der Waals surface area contributed by atoms with Crippen LogP contribution in [0.3, 0.4) is 0 Å². The van der Waals surface area contributed by atoms with Crippen LogP contribution in [0.15, 0.2) is 53.0 Å². The average Bonchev–Trinajstić information content (AvgIpc) is 3.62. The minimum atomic E-state index is -0.542. The van der Waals surface area contributed by atoms with E-state index in [1.807, 2.05) is 25.1 Å². The van der Waals surface area contributed by atoms with Crippen LogP contribution < -0.4 is 4.90 Å². The Morgan fingerprint density at radius 3 is 2.11 bits per heavy atom. The van der Waals surface area contributed by atoms with E-state index in [1.54, 1.807) is 4.68 Å². The summed E-state index contributed by atoms with van der Waals surface area (Å²) in [6, 6.07) is 16.8. The first-order chi connectivity index (χ1) is 24.8. The summed E-state index contributed by atoms with van der Waals surface area (Å²) < 4.78 is 8.25. The Balaban J connectivity index is 1.64. The Morgan fingerprint density at radius 2 is 1.60 bits per heavy atom. The van der Waals surface area contributed by atoms with E-state index in [0.717, 1.165) is 55.6 Å². The van der Waals surface area contributed by atoms with E-state index in [9.17, 15) is 10.1 Å². The molecular weight excluding hydrogens is 657 g/mol. The number of aliphatic imine (C=N–C) groups is 1. The van der Waals surface area contributed by atoms with E-state index in [1.165, 1.54) is 5.56 Å². The standard InChI is InChI=1S/C45H62N6O2/c1-14-16-23-50(15-2)32-21-22-36(29(4)26-32)47-40-33(27-46)37(41-48-39(49-51(40)41)30-17-19-31(20-18-30)43(5,6)7)42(52)53-38-34(44(8,9)10)24-28(3)25-35(38)45(11,12)13/h17-22,26,28,34-35,38H,14-16,23-25H2,1-13H3. The highest BCUT2D eigenvalue weighted by molar-refractivity contribution is 6.30. The second-order valence-corrected chi connectivity index (χ2v) is 18.6. The molecule has 1 fully saturated rings. The Kier molecular flexibility index (Phi) is 11.5. The van der Waals surface area contributed by atoms with Crippen LogP contribution in [-0.2, 0) is 14.9 Å². The number of anilines is 1. The third-order valence-electron chi connectivity index (χ3n) is 11.3. The van der Waals surface area contributed by atoms with Crippen LogP contribution >= 0.6 is 0 Å². The van der Waals surface area contributed by atoms with Gasteiger partial charge in [0.25, 0.3) is 0 Å². The highest BCUT2D eigenvalue weighted by Gasteiger charge is 2.49. The van der Waals surface area contributed by atoms with Gasteiger partial charge in [0.2, 0.25) is 0 Å². The van der Waals surface area contributed by atoms with Crippen molar-refractivity contribution in [2.24, 2.45) is 33.6 Å². The van der Waals surface area contributed by atoms with Gasteiger partial charge in [-0.3, -0.25) is 0 Å². The maximum Gasteiger partial charge on any atom is 0.343 e. The molecule has 1 aliphatic heterocycles. The van der Waals surface area contributed by atoms with Gasteiger partial charge in [-0.25, -0.2) is 14.8 Å². The highest BCUT2D eigenvalue weighted by Crippen LogP contribution is 2.50. The number of nitriles is 1. The third kappa shape index (κ3) is 8.45. The first kappa shape index (κ1) is 39.9. The lowest BCUT2D eigenvalue weighted by atomic mass is 9.59. The number of hydrogen-bond donors (Lipinski definition) is 0. The molecule has 3 aromatic rings. The molecule has 0 N–H and O–H groups in total. The lowest BCUT2D eigenvalue weighted by Gasteiger charge is -2.50. The van der Waals surface area contributed by atoms with Crippen molar-refractivity contribution in [1.82, 2.24) is 14.8 Å². The Hall–Kier alpha value is -4.25. The molecule has 0 amide bonds. The molecule has 1 saturated carbocycles. The molecule has 0 bridgehead atoms. The second-order valence-electron chi connectivity index (χ2n) is 18.6. The topological polar surface area (TPSA) is 96.4 Å². The summed E-state index contributed by atoms with van der Waals surface area (Å²) in [5.41, 5.74) is 4.91. The zero-order valence-electron chi connectivity index (χ0n) is 34.6. The number of carbonyl (C=O) groups is 1. The fourth-order valence-corrected chi connectivity index (χ4v) is 8.04. The lowest BCUT2D eigenvalue weighted by Crippen LogP contribution is -2.49. The molecule has 2 aromatic carbocycles.